The third-order valence-corrected chi connectivity index (χ3v) is 5.98. The van der Waals surface area contributed by atoms with Crippen LogP contribution in [0.2, 0.25) is 0 Å². The van der Waals surface area contributed by atoms with E-state index in [1.165, 1.54) is 6.08 Å². The molecule has 0 spiro atoms. The predicted octanol–water partition coefficient (Wildman–Crippen LogP) is 4.76. The van der Waals surface area contributed by atoms with Crippen molar-refractivity contribution in [2.45, 2.75) is 51.6 Å². The van der Waals surface area contributed by atoms with Crippen molar-refractivity contribution in [3.05, 3.63) is 59.7 Å². The van der Waals surface area contributed by atoms with E-state index >= 15 is 0 Å². The van der Waals surface area contributed by atoms with E-state index in [2.05, 4.69) is 10.3 Å². The van der Waals surface area contributed by atoms with Gasteiger partial charge >= 0.3 is 18.0 Å². The molecule has 1 atom stereocenters. The average molecular weight is 481 g/mol. The van der Waals surface area contributed by atoms with E-state index in [1.807, 2.05) is 24.3 Å². The predicted molar refractivity (Wildman–Crippen MR) is 127 cm³/mol. The van der Waals surface area contributed by atoms with Crippen molar-refractivity contribution in [3.63, 3.8) is 0 Å². The van der Waals surface area contributed by atoms with Crippen LogP contribution in [0.3, 0.4) is 0 Å². The van der Waals surface area contributed by atoms with Gasteiger partial charge in [0.15, 0.2) is 5.41 Å². The minimum Gasteiger partial charge on any atom is -0.480 e. The van der Waals surface area contributed by atoms with E-state index in [0.717, 1.165) is 17.5 Å². The van der Waals surface area contributed by atoms with Crippen LogP contribution in [0.5, 0.6) is 0 Å². The number of anilines is 1. The van der Waals surface area contributed by atoms with Gasteiger partial charge in [0.2, 0.25) is 6.08 Å². The van der Waals surface area contributed by atoms with Crippen molar-refractivity contribution in [1.29, 1.82) is 0 Å². The fourth-order valence-electron chi connectivity index (χ4n) is 4.02. The third kappa shape index (κ3) is 7.01. The van der Waals surface area contributed by atoms with Crippen LogP contribution >= 0.6 is 0 Å². The zero-order valence-corrected chi connectivity index (χ0v) is 19.5. The van der Waals surface area contributed by atoms with Crippen molar-refractivity contribution in [2.24, 2.45) is 10.4 Å². The van der Waals surface area contributed by atoms with Gasteiger partial charge in [-0.2, -0.15) is 4.99 Å². The van der Waals surface area contributed by atoms with E-state index in [0.29, 0.717) is 30.6 Å². The average Bonchev–Trinajstić information content (AvgIpc) is 2.85. The van der Waals surface area contributed by atoms with Gasteiger partial charge in [-0.15, -0.1) is 0 Å². The first-order valence-electron chi connectivity index (χ1n) is 11.5. The van der Waals surface area contributed by atoms with Gasteiger partial charge in [-0.05, 0) is 61.6 Å². The number of carboxylic acid groups (broad SMARTS) is 1. The first kappa shape index (κ1) is 25.6. The highest BCUT2D eigenvalue weighted by molar-refractivity contribution is 5.99. The van der Waals surface area contributed by atoms with Gasteiger partial charge in [0.25, 0.3) is 0 Å². The molecule has 2 aromatic rings. The number of nitrogens with zero attached hydrogens (tertiary/aromatic N) is 1. The highest BCUT2D eigenvalue weighted by atomic mass is 16.6. The molecule has 1 saturated carbocycles. The second-order valence-electron chi connectivity index (χ2n) is 8.63. The van der Waals surface area contributed by atoms with Crippen molar-refractivity contribution in [1.82, 2.24) is 0 Å². The lowest BCUT2D eigenvalue weighted by molar-refractivity contribution is -0.175. The minimum absolute atomic E-state index is 0.199. The van der Waals surface area contributed by atoms with Gasteiger partial charge in [0, 0.05) is 5.69 Å². The van der Waals surface area contributed by atoms with Gasteiger partial charge < -0.3 is 14.6 Å². The monoisotopic (exact) mass is 480 g/mol. The summed E-state index contributed by atoms with van der Waals surface area (Å²) >= 11 is 0. The maximum Gasteiger partial charge on any atom is 0.411 e. The number of amides is 1. The zero-order chi connectivity index (χ0) is 25.3. The molecule has 0 bridgehead atoms. The van der Waals surface area contributed by atoms with Gasteiger partial charge in [0.1, 0.15) is 12.7 Å². The lowest BCUT2D eigenvalue weighted by Gasteiger charge is -2.31. The second-order valence-corrected chi connectivity index (χ2v) is 8.63. The Balaban J connectivity index is 1.45. The SMILES string of the molecule is CC(COC(=O)Nc1ccc(Cc2ccc(N=C=O)cc2)cc1)OC(=O)C1(C(=O)O)CCCCC1. The summed E-state index contributed by atoms with van der Waals surface area (Å²) in [6.45, 7) is 1.35. The normalized spacial score (nSPS) is 15.2. The summed E-state index contributed by atoms with van der Waals surface area (Å²) in [5, 5.41) is 12.2. The van der Waals surface area contributed by atoms with Gasteiger partial charge in [-0.25, -0.2) is 9.59 Å². The summed E-state index contributed by atoms with van der Waals surface area (Å²) in [5.41, 5.74) is 1.62. The molecule has 1 aliphatic carbocycles. The van der Waals surface area contributed by atoms with Crippen LogP contribution in [-0.2, 0) is 30.3 Å². The number of rotatable bonds is 9. The molecule has 0 radical (unpaired) electrons. The Labute approximate surface area is 203 Å². The third-order valence-electron chi connectivity index (χ3n) is 5.98. The summed E-state index contributed by atoms with van der Waals surface area (Å²) in [6.07, 6.45) is 3.41. The number of isocyanates is 1. The highest BCUT2D eigenvalue weighted by Crippen LogP contribution is 2.38. The van der Waals surface area contributed by atoms with Crippen LogP contribution in [0.1, 0.15) is 50.2 Å². The Morgan fingerprint density at radius 1 is 1.03 bits per heavy atom. The molecule has 2 aromatic carbocycles. The lowest BCUT2D eigenvalue weighted by Crippen LogP contribution is -2.44. The number of carbonyl (C=O) groups is 3. The molecule has 1 fully saturated rings. The number of esters is 1. The van der Waals surface area contributed by atoms with E-state index in [4.69, 9.17) is 9.47 Å². The largest absolute Gasteiger partial charge is 0.480 e. The molecule has 184 valence electrons. The van der Waals surface area contributed by atoms with Crippen LogP contribution < -0.4 is 5.32 Å². The van der Waals surface area contributed by atoms with Crippen LogP contribution in [0.4, 0.5) is 16.2 Å². The maximum absolute atomic E-state index is 12.5. The van der Waals surface area contributed by atoms with Crippen LogP contribution in [0.15, 0.2) is 53.5 Å². The van der Waals surface area contributed by atoms with Crippen LogP contribution in [0.25, 0.3) is 0 Å². The van der Waals surface area contributed by atoms with Crippen molar-refractivity contribution < 1.29 is 33.8 Å². The summed E-state index contributed by atoms with van der Waals surface area (Å²) in [4.78, 5) is 50.2. The van der Waals surface area contributed by atoms with E-state index in [9.17, 15) is 24.3 Å². The van der Waals surface area contributed by atoms with E-state index in [-0.39, 0.29) is 19.4 Å². The maximum atomic E-state index is 12.5. The number of aliphatic carboxylic acids is 1. The zero-order valence-electron chi connectivity index (χ0n) is 19.5. The molecule has 2 N–H and O–H groups in total. The molecular formula is C26H28N2O7. The Hall–Kier alpha value is -3.97. The molecule has 0 saturated heterocycles. The molecule has 0 aliphatic heterocycles. The van der Waals surface area contributed by atoms with Gasteiger partial charge in [-0.3, -0.25) is 14.9 Å². The number of benzene rings is 2. The number of carbonyl (C=O) groups excluding carboxylic acids is 3. The number of nitrogens with one attached hydrogen (secondary N) is 1. The number of hydrogen-bond acceptors (Lipinski definition) is 7. The Morgan fingerprint density at radius 2 is 1.63 bits per heavy atom. The number of ether oxygens (including phenoxy) is 2. The number of carboxylic acids is 1. The first-order chi connectivity index (χ1) is 16.8. The quantitative estimate of drug-likeness (QED) is 0.229. The molecule has 1 aliphatic rings. The number of aliphatic imine (C=N–C) groups is 1. The summed E-state index contributed by atoms with van der Waals surface area (Å²) in [5.74, 6) is -1.94. The fourth-order valence-corrected chi connectivity index (χ4v) is 4.02. The van der Waals surface area contributed by atoms with Crippen molar-refractivity contribution in [3.8, 4) is 0 Å². The fraction of sp³-hybridized carbons (Fsp3) is 0.385. The molecule has 1 unspecified atom stereocenters. The standard InChI is InChI=1S/C26H28N2O7/c1-18(35-24(32)26(23(30)31)13-3-2-4-14-26)16-34-25(33)28-22-11-7-20(8-12-22)15-19-5-9-21(10-6-19)27-17-29/h5-12,18H,2-4,13-16H2,1H3,(H,28,33)(H,30,31). The molecule has 9 nitrogen and oxygen atoms in total. The Bertz CT molecular complexity index is 1080. The topological polar surface area (TPSA) is 131 Å². The van der Waals surface area contributed by atoms with Crippen LogP contribution in [-0.4, -0.2) is 41.9 Å². The van der Waals surface area contributed by atoms with Gasteiger partial charge in [0.05, 0.1) is 5.69 Å². The minimum atomic E-state index is -1.51. The Kier molecular flexibility index (Phi) is 8.75. The summed E-state index contributed by atoms with van der Waals surface area (Å²) in [7, 11) is 0. The summed E-state index contributed by atoms with van der Waals surface area (Å²) in [6, 6.07) is 14.4. The second kappa shape index (κ2) is 11.9. The first-order valence-corrected chi connectivity index (χ1v) is 11.5. The molecule has 9 heteroatoms. The molecule has 35 heavy (non-hydrogen) atoms. The number of hydrogen-bond donors (Lipinski definition) is 2. The molecule has 1 amide bonds. The molecular weight excluding hydrogens is 452 g/mol. The van der Waals surface area contributed by atoms with E-state index < -0.39 is 29.6 Å². The lowest BCUT2D eigenvalue weighted by atomic mass is 9.74. The molecule has 0 aromatic heterocycles. The Morgan fingerprint density at radius 3 is 2.20 bits per heavy atom. The van der Waals surface area contributed by atoms with Crippen molar-refractivity contribution >= 4 is 35.5 Å². The summed E-state index contributed by atoms with van der Waals surface area (Å²) < 4.78 is 10.4. The molecule has 3 rings (SSSR count). The van der Waals surface area contributed by atoms with Gasteiger partial charge in [-0.1, -0.05) is 43.5 Å². The van der Waals surface area contributed by atoms with E-state index in [1.54, 1.807) is 31.2 Å². The van der Waals surface area contributed by atoms with Crippen molar-refractivity contribution in [2.75, 3.05) is 11.9 Å². The highest BCUT2D eigenvalue weighted by Gasteiger charge is 2.48. The molecule has 0 heterocycles. The smallest absolute Gasteiger partial charge is 0.411 e. The van der Waals surface area contributed by atoms with Crippen LogP contribution in [0, 0.1) is 5.41 Å².